The van der Waals surface area contributed by atoms with Gasteiger partial charge in [0.25, 0.3) is 11.5 Å². The molecule has 196 valence electrons. The lowest BCUT2D eigenvalue weighted by Crippen LogP contribution is -2.57. The topological polar surface area (TPSA) is 113 Å². The van der Waals surface area contributed by atoms with Crippen LogP contribution in [0.1, 0.15) is 38.3 Å². The third kappa shape index (κ3) is 5.40. The summed E-state index contributed by atoms with van der Waals surface area (Å²) in [5.74, 6) is -0.719. The van der Waals surface area contributed by atoms with E-state index in [0.29, 0.717) is 34.5 Å². The molecule has 12 heteroatoms. The summed E-state index contributed by atoms with van der Waals surface area (Å²) in [6.07, 6.45) is 2.92. The predicted molar refractivity (Wildman–Crippen MR) is 146 cm³/mol. The molecule has 0 bridgehead atoms. The van der Waals surface area contributed by atoms with Crippen molar-refractivity contribution in [3.63, 3.8) is 0 Å². The molecule has 4 rings (SSSR count). The lowest BCUT2D eigenvalue weighted by Gasteiger charge is -2.36. The number of amides is 2. The highest BCUT2D eigenvalue weighted by atomic mass is 32.2. The first-order valence-corrected chi connectivity index (χ1v) is 13.3. The zero-order chi connectivity index (χ0) is 26.9. The minimum atomic E-state index is -0.922. The zero-order valence-electron chi connectivity index (χ0n) is 21.1. The largest absolute Gasteiger partial charge is 0.466 e. The Labute approximate surface area is 224 Å². The Hall–Kier alpha value is -3.25. The highest BCUT2D eigenvalue weighted by Crippen LogP contribution is 2.34. The summed E-state index contributed by atoms with van der Waals surface area (Å²) in [7, 11) is 0. The number of nitrogens with one attached hydrogen (secondary N) is 1. The molecule has 0 spiro atoms. The van der Waals surface area contributed by atoms with Gasteiger partial charge in [-0.2, -0.15) is 0 Å². The van der Waals surface area contributed by atoms with Gasteiger partial charge in [0, 0.05) is 25.8 Å². The van der Waals surface area contributed by atoms with Crippen LogP contribution in [-0.2, 0) is 19.1 Å². The molecular weight excluding hydrogens is 514 g/mol. The number of carbonyl (C=O) groups excluding carboxylic acids is 3. The second kappa shape index (κ2) is 11.0. The highest BCUT2D eigenvalue weighted by molar-refractivity contribution is 8.26. The summed E-state index contributed by atoms with van der Waals surface area (Å²) in [4.78, 5) is 60.5. The fraction of sp³-hybridized carbons (Fsp3) is 0.440. The second-order valence-corrected chi connectivity index (χ2v) is 10.9. The van der Waals surface area contributed by atoms with Crippen molar-refractivity contribution in [2.24, 2.45) is 5.92 Å². The first-order valence-electron chi connectivity index (χ1n) is 12.1. The maximum absolute atomic E-state index is 13.8. The summed E-state index contributed by atoms with van der Waals surface area (Å²) < 4.78 is 6.93. The van der Waals surface area contributed by atoms with Gasteiger partial charge < -0.3 is 15.0 Å². The highest BCUT2D eigenvalue weighted by Gasteiger charge is 2.37. The van der Waals surface area contributed by atoms with Gasteiger partial charge in [-0.15, -0.1) is 0 Å². The number of fused-ring (bicyclic) bond motifs is 1. The van der Waals surface area contributed by atoms with Crippen molar-refractivity contribution in [2.45, 2.75) is 40.2 Å². The van der Waals surface area contributed by atoms with Gasteiger partial charge in [0.15, 0.2) is 0 Å². The van der Waals surface area contributed by atoms with Crippen LogP contribution in [0.2, 0.25) is 0 Å². The third-order valence-corrected chi connectivity index (χ3v) is 7.41. The van der Waals surface area contributed by atoms with Gasteiger partial charge in [-0.05, 0) is 37.5 Å². The number of esters is 1. The van der Waals surface area contributed by atoms with Crippen molar-refractivity contribution in [1.29, 1.82) is 0 Å². The van der Waals surface area contributed by atoms with Crippen LogP contribution in [0.5, 0.6) is 0 Å². The number of hydrogen-bond donors (Lipinski definition) is 1. The molecular formula is C25H29N5O5S2. The number of ether oxygens (including phenoxy) is 1. The third-order valence-electron chi connectivity index (χ3n) is 6.03. The first-order chi connectivity index (χ1) is 17.6. The maximum Gasteiger partial charge on any atom is 0.308 e. The van der Waals surface area contributed by atoms with Crippen molar-refractivity contribution in [3.8, 4) is 0 Å². The van der Waals surface area contributed by atoms with Crippen LogP contribution in [0.3, 0.4) is 0 Å². The summed E-state index contributed by atoms with van der Waals surface area (Å²) in [6, 6.07) is 2.66. The van der Waals surface area contributed by atoms with Crippen molar-refractivity contribution in [1.82, 2.24) is 19.6 Å². The number of thioether (sulfide) groups is 1. The van der Waals surface area contributed by atoms with Crippen molar-refractivity contribution < 1.29 is 19.1 Å². The van der Waals surface area contributed by atoms with E-state index in [1.165, 1.54) is 15.4 Å². The van der Waals surface area contributed by atoms with Crippen LogP contribution >= 0.6 is 24.0 Å². The quantitative estimate of drug-likeness (QED) is 0.319. The number of aromatic nitrogens is 2. The van der Waals surface area contributed by atoms with E-state index in [2.05, 4.69) is 5.32 Å². The molecule has 0 radical (unpaired) electrons. The van der Waals surface area contributed by atoms with Crippen LogP contribution in [0.4, 0.5) is 5.82 Å². The Morgan fingerprint density at radius 3 is 2.81 bits per heavy atom. The molecule has 0 unspecified atom stereocenters. The van der Waals surface area contributed by atoms with Crippen LogP contribution < -0.4 is 15.8 Å². The number of rotatable bonds is 7. The van der Waals surface area contributed by atoms with Crippen molar-refractivity contribution in [2.75, 3.05) is 31.1 Å². The predicted octanol–water partition coefficient (Wildman–Crippen LogP) is 2.12. The van der Waals surface area contributed by atoms with E-state index in [1.54, 1.807) is 24.1 Å². The molecule has 2 amide bonds. The van der Waals surface area contributed by atoms with E-state index in [-0.39, 0.29) is 42.1 Å². The van der Waals surface area contributed by atoms with Crippen LogP contribution in [0.25, 0.3) is 11.7 Å². The van der Waals surface area contributed by atoms with E-state index in [9.17, 15) is 19.2 Å². The molecule has 2 aliphatic rings. The van der Waals surface area contributed by atoms with Gasteiger partial charge in [-0.1, -0.05) is 43.9 Å². The molecule has 2 aliphatic heterocycles. The molecule has 0 aliphatic carbocycles. The van der Waals surface area contributed by atoms with Crippen LogP contribution in [0.15, 0.2) is 28.0 Å². The van der Waals surface area contributed by atoms with E-state index < -0.39 is 17.6 Å². The van der Waals surface area contributed by atoms with Crippen LogP contribution in [-0.4, -0.2) is 68.7 Å². The molecule has 37 heavy (non-hydrogen) atoms. The van der Waals surface area contributed by atoms with E-state index >= 15 is 0 Å². The number of nitrogens with zero attached hydrogens (tertiary/aromatic N) is 4. The Balaban J connectivity index is 1.88. The second-order valence-electron chi connectivity index (χ2n) is 9.23. The zero-order valence-corrected chi connectivity index (χ0v) is 22.8. The molecule has 2 saturated heterocycles. The maximum atomic E-state index is 13.8. The minimum absolute atomic E-state index is 0.150. The standard InChI is InChI=1S/C25H29N5O5S2/c1-5-35-19(31)12-17-22(32)26-8-10-28(17)21-16(23(33)29-9-6-7-15(4)20(29)27-21)11-18-24(34)30(13-14(2)3)25(36)37-18/h6-7,9,11,14,17H,5,8,10,12-13H2,1-4H3,(H,26,32)/b18-11-/t17-/m0/s1. The smallest absolute Gasteiger partial charge is 0.308 e. The van der Waals surface area contributed by atoms with Gasteiger partial charge in [0.1, 0.15) is 21.8 Å². The fourth-order valence-electron chi connectivity index (χ4n) is 4.35. The molecule has 10 nitrogen and oxygen atoms in total. The fourth-order valence-corrected chi connectivity index (χ4v) is 5.61. The lowest BCUT2D eigenvalue weighted by atomic mass is 10.1. The molecule has 0 aromatic carbocycles. The summed E-state index contributed by atoms with van der Waals surface area (Å²) >= 11 is 6.57. The Bertz CT molecular complexity index is 1370. The normalized spacial score (nSPS) is 19.3. The average molecular weight is 544 g/mol. The first kappa shape index (κ1) is 26.8. The van der Waals surface area contributed by atoms with Gasteiger partial charge in [0.05, 0.1) is 23.5 Å². The van der Waals surface area contributed by atoms with E-state index in [0.717, 1.165) is 17.3 Å². The monoisotopic (exact) mass is 543 g/mol. The van der Waals surface area contributed by atoms with Crippen LogP contribution in [0, 0.1) is 12.8 Å². The molecule has 1 N–H and O–H groups in total. The molecule has 0 saturated carbocycles. The van der Waals surface area contributed by atoms with Gasteiger partial charge in [-0.25, -0.2) is 4.98 Å². The summed E-state index contributed by atoms with van der Waals surface area (Å²) in [5, 5.41) is 2.77. The molecule has 4 heterocycles. The molecule has 2 aromatic rings. The molecule has 2 fully saturated rings. The Morgan fingerprint density at radius 1 is 1.35 bits per heavy atom. The lowest BCUT2D eigenvalue weighted by molar-refractivity contribution is -0.145. The van der Waals surface area contributed by atoms with E-state index in [1.807, 2.05) is 26.8 Å². The number of anilines is 1. The molecule has 1 atom stereocenters. The number of thiocarbonyl (C=S) groups is 1. The summed E-state index contributed by atoms with van der Waals surface area (Å²) in [6.45, 7) is 8.80. The van der Waals surface area contributed by atoms with Gasteiger partial charge >= 0.3 is 5.97 Å². The van der Waals surface area contributed by atoms with Gasteiger partial charge in [0.2, 0.25) is 5.91 Å². The van der Waals surface area contributed by atoms with Crippen molar-refractivity contribution in [3.05, 3.63) is 44.7 Å². The van der Waals surface area contributed by atoms with Gasteiger partial charge in [-0.3, -0.25) is 28.5 Å². The number of pyridine rings is 1. The minimum Gasteiger partial charge on any atom is -0.466 e. The summed E-state index contributed by atoms with van der Waals surface area (Å²) in [5.41, 5.74) is 0.947. The number of hydrogen-bond acceptors (Lipinski definition) is 9. The number of carbonyl (C=O) groups is 3. The Morgan fingerprint density at radius 2 is 2.11 bits per heavy atom. The Kier molecular flexibility index (Phi) is 7.98. The van der Waals surface area contributed by atoms with Crippen molar-refractivity contribution >= 4 is 63.6 Å². The molecule has 2 aromatic heterocycles. The SMILES string of the molecule is CCOC(=O)C[C@H]1C(=O)NCCN1c1nc2c(C)cccn2c(=O)c1/C=C1\SC(=S)N(CC(C)C)C1=O. The number of aryl methyl sites for hydroxylation is 1. The van der Waals surface area contributed by atoms with E-state index in [4.69, 9.17) is 21.9 Å². The average Bonchev–Trinajstić information content (AvgIpc) is 3.09. The number of piperazine rings is 1.